The maximum absolute atomic E-state index is 12.3. The Labute approximate surface area is 127 Å². The molecular weight excluding hydrogens is 266 g/mol. The maximum Gasteiger partial charge on any atom is 0.244 e. The molecule has 3 N–H and O–H groups in total. The zero-order valence-corrected chi connectivity index (χ0v) is 13.1. The summed E-state index contributed by atoms with van der Waals surface area (Å²) in [5.74, 6) is 0.432. The van der Waals surface area contributed by atoms with Gasteiger partial charge in [-0.25, -0.2) is 0 Å². The Balaban J connectivity index is 1.74. The molecule has 1 heterocycles. The molecule has 1 saturated heterocycles. The summed E-state index contributed by atoms with van der Waals surface area (Å²) in [5.41, 5.74) is 5.96. The van der Waals surface area contributed by atoms with E-state index in [9.17, 15) is 9.59 Å². The van der Waals surface area contributed by atoms with Gasteiger partial charge in [0.05, 0.1) is 0 Å². The van der Waals surface area contributed by atoms with Crippen LogP contribution >= 0.6 is 0 Å². The van der Waals surface area contributed by atoms with Gasteiger partial charge >= 0.3 is 0 Å². The highest BCUT2D eigenvalue weighted by atomic mass is 16.2. The lowest BCUT2D eigenvalue weighted by molar-refractivity contribution is -0.137. The van der Waals surface area contributed by atoms with Crippen LogP contribution in [0.3, 0.4) is 0 Å². The zero-order chi connectivity index (χ0) is 15.2. The van der Waals surface area contributed by atoms with E-state index in [0.29, 0.717) is 12.3 Å². The van der Waals surface area contributed by atoms with Crippen molar-refractivity contribution in [1.82, 2.24) is 10.2 Å². The molecule has 0 bridgehead atoms. The van der Waals surface area contributed by atoms with Gasteiger partial charge < -0.3 is 16.0 Å². The van der Waals surface area contributed by atoms with Crippen LogP contribution in [0.2, 0.25) is 0 Å². The standard InChI is InChI=1S/C16H29N3O2/c1-12(16(21)19-8-3-2-4-9-19)18-15(20)11-13-6-5-7-14(17)10-13/h12-14H,2-11,17H2,1H3,(H,18,20). The molecular formula is C16H29N3O2. The Kier molecular flexibility index (Phi) is 6.03. The predicted octanol–water partition coefficient (Wildman–Crippen LogP) is 1.41. The summed E-state index contributed by atoms with van der Waals surface area (Å²) in [6, 6.07) is -0.170. The van der Waals surface area contributed by atoms with Crippen LogP contribution in [0, 0.1) is 5.92 Å². The first-order chi connectivity index (χ1) is 10.1. The largest absolute Gasteiger partial charge is 0.345 e. The lowest BCUT2D eigenvalue weighted by atomic mass is 9.84. The SMILES string of the molecule is CC(NC(=O)CC1CCCC(N)C1)C(=O)N1CCCCC1. The van der Waals surface area contributed by atoms with Crippen LogP contribution in [0.15, 0.2) is 0 Å². The predicted molar refractivity (Wildman–Crippen MR) is 82.6 cm³/mol. The smallest absolute Gasteiger partial charge is 0.244 e. The lowest BCUT2D eigenvalue weighted by Gasteiger charge is -2.30. The number of amides is 2. The first kappa shape index (κ1) is 16.3. The Hall–Kier alpha value is -1.10. The van der Waals surface area contributed by atoms with Gasteiger partial charge in [-0.2, -0.15) is 0 Å². The number of rotatable bonds is 4. The quantitative estimate of drug-likeness (QED) is 0.823. The monoisotopic (exact) mass is 295 g/mol. The molecule has 120 valence electrons. The van der Waals surface area contributed by atoms with Gasteiger partial charge in [-0.3, -0.25) is 9.59 Å². The van der Waals surface area contributed by atoms with Crippen molar-refractivity contribution in [3.8, 4) is 0 Å². The third-order valence-electron chi connectivity index (χ3n) is 4.71. The number of nitrogens with zero attached hydrogens (tertiary/aromatic N) is 1. The van der Waals surface area contributed by atoms with E-state index in [0.717, 1.165) is 51.6 Å². The molecule has 3 atom stereocenters. The number of carbonyl (C=O) groups excluding carboxylic acids is 2. The van der Waals surface area contributed by atoms with Crippen LogP contribution < -0.4 is 11.1 Å². The number of hydrogen-bond donors (Lipinski definition) is 2. The molecule has 1 aliphatic carbocycles. The minimum absolute atomic E-state index is 0.00744. The van der Waals surface area contributed by atoms with Crippen molar-refractivity contribution in [1.29, 1.82) is 0 Å². The van der Waals surface area contributed by atoms with E-state index in [1.165, 1.54) is 6.42 Å². The van der Waals surface area contributed by atoms with Gasteiger partial charge in [0.1, 0.15) is 6.04 Å². The molecule has 2 amide bonds. The number of nitrogens with two attached hydrogens (primary N) is 1. The number of piperidine rings is 1. The first-order valence-corrected chi connectivity index (χ1v) is 8.40. The van der Waals surface area contributed by atoms with E-state index >= 15 is 0 Å². The van der Waals surface area contributed by atoms with Gasteiger partial charge in [0.15, 0.2) is 0 Å². The van der Waals surface area contributed by atoms with Crippen molar-refractivity contribution < 1.29 is 9.59 Å². The van der Waals surface area contributed by atoms with E-state index in [1.54, 1.807) is 6.92 Å². The molecule has 21 heavy (non-hydrogen) atoms. The molecule has 0 aromatic heterocycles. The number of carbonyl (C=O) groups is 2. The second-order valence-corrected chi connectivity index (χ2v) is 6.67. The molecule has 0 spiro atoms. The molecule has 2 aliphatic rings. The minimum Gasteiger partial charge on any atom is -0.345 e. The normalized spacial score (nSPS) is 28.0. The fourth-order valence-corrected chi connectivity index (χ4v) is 3.53. The van der Waals surface area contributed by atoms with Gasteiger partial charge in [-0.15, -0.1) is 0 Å². The van der Waals surface area contributed by atoms with E-state index in [4.69, 9.17) is 5.73 Å². The van der Waals surface area contributed by atoms with Crippen LogP contribution in [0.1, 0.15) is 58.3 Å². The van der Waals surface area contributed by atoms with Crippen molar-refractivity contribution in [3.63, 3.8) is 0 Å². The summed E-state index contributed by atoms with van der Waals surface area (Å²) < 4.78 is 0. The fraction of sp³-hybridized carbons (Fsp3) is 0.875. The number of hydrogen-bond acceptors (Lipinski definition) is 3. The Bertz CT molecular complexity index is 367. The molecule has 1 aliphatic heterocycles. The van der Waals surface area contributed by atoms with Crippen molar-refractivity contribution in [2.45, 2.75) is 70.4 Å². The molecule has 2 rings (SSSR count). The second-order valence-electron chi connectivity index (χ2n) is 6.67. The molecule has 5 nitrogen and oxygen atoms in total. The molecule has 0 aromatic carbocycles. The summed E-state index contributed by atoms with van der Waals surface area (Å²) in [5, 5.41) is 2.87. The average Bonchev–Trinajstić information content (AvgIpc) is 2.47. The van der Waals surface area contributed by atoms with E-state index in [-0.39, 0.29) is 17.9 Å². The fourth-order valence-electron chi connectivity index (χ4n) is 3.53. The van der Waals surface area contributed by atoms with Crippen LogP contribution in [0.4, 0.5) is 0 Å². The molecule has 0 radical (unpaired) electrons. The van der Waals surface area contributed by atoms with Crippen molar-refractivity contribution in [2.24, 2.45) is 11.7 Å². The second kappa shape index (κ2) is 7.78. The summed E-state index contributed by atoms with van der Waals surface area (Å²) in [6.07, 6.45) is 8.05. The molecule has 0 aromatic rings. The van der Waals surface area contributed by atoms with E-state index in [1.807, 2.05) is 4.90 Å². The Morgan fingerprint density at radius 1 is 1.19 bits per heavy atom. The molecule has 5 heteroatoms. The van der Waals surface area contributed by atoms with Crippen molar-refractivity contribution >= 4 is 11.8 Å². The highest BCUT2D eigenvalue weighted by Crippen LogP contribution is 2.25. The van der Waals surface area contributed by atoms with Crippen LogP contribution in [0.25, 0.3) is 0 Å². The van der Waals surface area contributed by atoms with Crippen LogP contribution in [-0.2, 0) is 9.59 Å². The number of likely N-dealkylation sites (tertiary alicyclic amines) is 1. The Morgan fingerprint density at radius 2 is 1.90 bits per heavy atom. The summed E-state index contributed by atoms with van der Waals surface area (Å²) in [6.45, 7) is 3.45. The third-order valence-corrected chi connectivity index (χ3v) is 4.71. The zero-order valence-electron chi connectivity index (χ0n) is 13.1. The third kappa shape index (κ3) is 4.99. The van der Waals surface area contributed by atoms with E-state index in [2.05, 4.69) is 5.32 Å². The van der Waals surface area contributed by atoms with Gasteiger partial charge in [0.25, 0.3) is 0 Å². The van der Waals surface area contributed by atoms with Crippen LogP contribution in [0.5, 0.6) is 0 Å². The van der Waals surface area contributed by atoms with E-state index < -0.39 is 6.04 Å². The van der Waals surface area contributed by atoms with Crippen LogP contribution in [-0.4, -0.2) is 41.9 Å². The van der Waals surface area contributed by atoms with Gasteiger partial charge in [0, 0.05) is 25.6 Å². The molecule has 1 saturated carbocycles. The number of nitrogens with one attached hydrogen (secondary N) is 1. The minimum atomic E-state index is -0.409. The van der Waals surface area contributed by atoms with Gasteiger partial charge in [-0.1, -0.05) is 6.42 Å². The van der Waals surface area contributed by atoms with Gasteiger partial charge in [0.2, 0.25) is 11.8 Å². The Morgan fingerprint density at radius 3 is 2.57 bits per heavy atom. The molecule has 3 unspecified atom stereocenters. The average molecular weight is 295 g/mol. The van der Waals surface area contributed by atoms with Crippen molar-refractivity contribution in [2.75, 3.05) is 13.1 Å². The van der Waals surface area contributed by atoms with Crippen molar-refractivity contribution in [3.05, 3.63) is 0 Å². The molecule has 2 fully saturated rings. The summed E-state index contributed by atoms with van der Waals surface area (Å²) in [4.78, 5) is 26.2. The summed E-state index contributed by atoms with van der Waals surface area (Å²) in [7, 11) is 0. The first-order valence-electron chi connectivity index (χ1n) is 8.40. The highest BCUT2D eigenvalue weighted by Gasteiger charge is 2.26. The topological polar surface area (TPSA) is 75.4 Å². The highest BCUT2D eigenvalue weighted by molar-refractivity contribution is 5.87. The maximum atomic E-state index is 12.3. The van der Waals surface area contributed by atoms with Gasteiger partial charge in [-0.05, 0) is 51.4 Å². The summed E-state index contributed by atoms with van der Waals surface area (Å²) >= 11 is 0. The lowest BCUT2D eigenvalue weighted by Crippen LogP contribution is -2.48.